The number of aryl methyl sites for hydroxylation is 1. The third-order valence-electron chi connectivity index (χ3n) is 2.17. The van der Waals surface area contributed by atoms with Gasteiger partial charge in [0.1, 0.15) is 11.6 Å². The number of halogens is 2. The van der Waals surface area contributed by atoms with Crippen molar-refractivity contribution in [3.63, 3.8) is 0 Å². The van der Waals surface area contributed by atoms with Crippen molar-refractivity contribution in [2.45, 2.75) is 6.92 Å². The van der Waals surface area contributed by atoms with Crippen LogP contribution in [0.4, 0.5) is 8.78 Å². The molecule has 0 aliphatic rings. The average Bonchev–Trinajstić information content (AvgIpc) is 2.17. The minimum absolute atomic E-state index is 0. The van der Waals surface area contributed by atoms with Gasteiger partial charge in [-0.25, -0.2) is 8.78 Å². The van der Waals surface area contributed by atoms with E-state index in [1.165, 1.54) is 6.07 Å². The van der Waals surface area contributed by atoms with Gasteiger partial charge in [0, 0.05) is 37.9 Å². The van der Waals surface area contributed by atoms with Gasteiger partial charge in [0.15, 0.2) is 0 Å². The van der Waals surface area contributed by atoms with Crippen LogP contribution in [0.1, 0.15) is 5.56 Å². The van der Waals surface area contributed by atoms with E-state index in [4.69, 9.17) is 0 Å². The van der Waals surface area contributed by atoms with Gasteiger partial charge < -0.3 is 0 Å². The number of benzene rings is 1. The van der Waals surface area contributed by atoms with Gasteiger partial charge in [-0.15, -0.1) is 0 Å². The summed E-state index contributed by atoms with van der Waals surface area (Å²) in [5.41, 5.74) is 1.43. The van der Waals surface area contributed by atoms with Crippen LogP contribution in [0.2, 0.25) is 0 Å². The predicted molar refractivity (Wildman–Crippen MR) is 54.3 cm³/mol. The fraction of sp³-hybridized carbons (Fsp3) is 0.0833. The van der Waals surface area contributed by atoms with Crippen LogP contribution >= 0.6 is 0 Å². The monoisotopic (exact) mass is 398 g/mol. The summed E-state index contributed by atoms with van der Waals surface area (Å²) < 4.78 is 26.4. The van der Waals surface area contributed by atoms with Crippen molar-refractivity contribution >= 4 is 0 Å². The number of hydrogen-bond acceptors (Lipinski definition) is 1. The summed E-state index contributed by atoms with van der Waals surface area (Å²) in [7, 11) is 0. The molecule has 0 unspecified atom stereocenters. The number of nitrogens with zero attached hydrogens (tertiary/aromatic N) is 1. The second-order valence-electron chi connectivity index (χ2n) is 3.29. The topological polar surface area (TPSA) is 12.9 Å². The summed E-state index contributed by atoms with van der Waals surface area (Å²) in [6.07, 6.45) is 1.58. The molecule has 16 heavy (non-hydrogen) atoms. The zero-order valence-electron chi connectivity index (χ0n) is 8.50. The van der Waals surface area contributed by atoms with E-state index in [0.29, 0.717) is 16.8 Å². The fourth-order valence-electron chi connectivity index (χ4n) is 1.54. The Hall–Kier alpha value is -1.12. The molecule has 4 heteroatoms. The van der Waals surface area contributed by atoms with E-state index in [-0.39, 0.29) is 20.1 Å². The first kappa shape index (κ1) is 12.9. The Morgan fingerprint density at radius 2 is 1.88 bits per heavy atom. The molecule has 0 spiro atoms. The number of rotatable bonds is 1. The van der Waals surface area contributed by atoms with Crippen LogP contribution in [-0.2, 0) is 20.1 Å². The maximum atomic E-state index is 13.5. The van der Waals surface area contributed by atoms with Crippen molar-refractivity contribution in [1.82, 2.24) is 4.98 Å². The molecule has 2 rings (SSSR count). The van der Waals surface area contributed by atoms with Crippen molar-refractivity contribution < 1.29 is 28.9 Å². The zero-order valence-corrected chi connectivity index (χ0v) is 10.9. The van der Waals surface area contributed by atoms with Gasteiger partial charge in [-0.1, -0.05) is 6.07 Å². The number of pyridine rings is 1. The Morgan fingerprint density at radius 3 is 2.44 bits per heavy atom. The summed E-state index contributed by atoms with van der Waals surface area (Å²) in [6.45, 7) is 1.66. The summed E-state index contributed by atoms with van der Waals surface area (Å²) in [6, 6.07) is 7.39. The Kier molecular flexibility index (Phi) is 4.27. The molecule has 0 amide bonds. The molecular formula is C12H9F2IrN. The van der Waals surface area contributed by atoms with E-state index >= 15 is 0 Å². The Bertz CT molecular complexity index is 463. The molecule has 0 saturated carbocycles. The molecule has 1 aromatic carbocycles. The van der Waals surface area contributed by atoms with E-state index < -0.39 is 11.6 Å². The molecule has 0 saturated heterocycles. The summed E-state index contributed by atoms with van der Waals surface area (Å²) in [4.78, 5) is 4.04. The van der Waals surface area contributed by atoms with Crippen molar-refractivity contribution in [2.75, 3.05) is 0 Å². The van der Waals surface area contributed by atoms with Gasteiger partial charge in [0.25, 0.3) is 0 Å². The Labute approximate surface area is 106 Å². The van der Waals surface area contributed by atoms with Gasteiger partial charge in [0.05, 0.1) is 5.69 Å². The van der Waals surface area contributed by atoms with Crippen LogP contribution in [0.25, 0.3) is 11.3 Å². The Balaban J connectivity index is 0.00000128. The first-order valence-corrected chi connectivity index (χ1v) is 4.55. The molecule has 0 atom stereocenters. The van der Waals surface area contributed by atoms with Crippen LogP contribution in [0, 0.1) is 18.6 Å². The average molecular weight is 397 g/mol. The standard InChI is InChI=1S/C12H9F2N.Ir/c1-8-6-9(13)7-10(14)12(8)11-4-2-3-5-15-11;/h2-7H,1H3;. The van der Waals surface area contributed by atoms with Gasteiger partial charge in [-0.05, 0) is 30.7 Å². The summed E-state index contributed by atoms with van der Waals surface area (Å²) >= 11 is 0. The molecule has 0 aliphatic carbocycles. The molecule has 1 nitrogen and oxygen atoms in total. The minimum Gasteiger partial charge on any atom is -0.256 e. The second-order valence-corrected chi connectivity index (χ2v) is 3.29. The third-order valence-corrected chi connectivity index (χ3v) is 2.17. The van der Waals surface area contributed by atoms with Gasteiger partial charge >= 0.3 is 0 Å². The largest absolute Gasteiger partial charge is 0.256 e. The maximum absolute atomic E-state index is 13.5. The van der Waals surface area contributed by atoms with Crippen LogP contribution in [0.15, 0.2) is 36.5 Å². The van der Waals surface area contributed by atoms with Gasteiger partial charge in [-0.3, -0.25) is 4.98 Å². The molecular weight excluding hydrogens is 388 g/mol. The molecule has 0 fully saturated rings. The third kappa shape index (κ3) is 2.52. The second kappa shape index (κ2) is 5.28. The van der Waals surface area contributed by atoms with Crippen molar-refractivity contribution in [3.05, 3.63) is 53.7 Å². The van der Waals surface area contributed by atoms with Crippen LogP contribution in [0.3, 0.4) is 0 Å². The fourth-order valence-corrected chi connectivity index (χ4v) is 1.54. The number of hydrogen-bond donors (Lipinski definition) is 0. The first-order chi connectivity index (χ1) is 7.18. The summed E-state index contributed by atoms with van der Waals surface area (Å²) in [5, 5.41) is 0. The molecule has 0 N–H and O–H groups in total. The quantitative estimate of drug-likeness (QED) is 0.720. The van der Waals surface area contributed by atoms with Crippen molar-refractivity contribution in [2.24, 2.45) is 0 Å². The smallest absolute Gasteiger partial charge is 0.135 e. The van der Waals surface area contributed by atoms with Gasteiger partial charge in [0.2, 0.25) is 0 Å². The Morgan fingerprint density at radius 1 is 1.12 bits per heavy atom. The zero-order chi connectivity index (χ0) is 10.8. The summed E-state index contributed by atoms with van der Waals surface area (Å²) in [5.74, 6) is -1.14. The molecule has 0 bridgehead atoms. The molecule has 0 aliphatic heterocycles. The molecule has 2 aromatic rings. The van der Waals surface area contributed by atoms with E-state index in [0.717, 1.165) is 6.07 Å². The predicted octanol–water partition coefficient (Wildman–Crippen LogP) is 3.33. The van der Waals surface area contributed by atoms with Crippen molar-refractivity contribution in [1.29, 1.82) is 0 Å². The normalized spacial score (nSPS) is 9.69. The van der Waals surface area contributed by atoms with E-state index in [1.807, 2.05) is 0 Å². The van der Waals surface area contributed by atoms with E-state index in [1.54, 1.807) is 31.3 Å². The maximum Gasteiger partial charge on any atom is 0.135 e. The molecule has 1 heterocycles. The van der Waals surface area contributed by atoms with E-state index in [9.17, 15) is 8.78 Å². The van der Waals surface area contributed by atoms with Crippen LogP contribution < -0.4 is 0 Å². The van der Waals surface area contributed by atoms with E-state index in [2.05, 4.69) is 4.98 Å². The van der Waals surface area contributed by atoms with Crippen molar-refractivity contribution in [3.8, 4) is 11.3 Å². The number of aromatic nitrogens is 1. The molecule has 1 radical (unpaired) electrons. The first-order valence-electron chi connectivity index (χ1n) is 4.55. The molecule has 85 valence electrons. The SMILES string of the molecule is Cc1cc(F)cc(F)c1-c1ccccn1.[Ir]. The van der Waals surface area contributed by atoms with Crippen LogP contribution in [0.5, 0.6) is 0 Å². The van der Waals surface area contributed by atoms with Gasteiger partial charge in [-0.2, -0.15) is 0 Å². The molecule has 1 aromatic heterocycles. The van der Waals surface area contributed by atoms with Crippen LogP contribution in [-0.4, -0.2) is 4.98 Å². The minimum atomic E-state index is -0.578.